The topological polar surface area (TPSA) is 13.1 Å². The largest absolute Gasteiger partial charge is 0.456 e. The highest BCUT2D eigenvalue weighted by atomic mass is 16.3. The number of rotatable bonds is 5. The Morgan fingerprint density at radius 3 is 1.78 bits per heavy atom. The maximum atomic E-state index is 7.09. The molecule has 0 saturated heterocycles. The van der Waals surface area contributed by atoms with Crippen molar-refractivity contribution in [2.24, 2.45) is 17.8 Å². The van der Waals surface area contributed by atoms with E-state index >= 15 is 0 Å². The highest BCUT2D eigenvalue weighted by Gasteiger charge is 2.38. The molecule has 0 radical (unpaired) electrons. The third-order valence-electron chi connectivity index (χ3n) is 12.2. The van der Waals surface area contributed by atoms with E-state index in [1.165, 1.54) is 56.3 Å². The Hall–Kier alpha value is -5.40. The Bertz CT molecular complexity index is 2260. The van der Waals surface area contributed by atoms with Crippen LogP contribution in [0.2, 0.25) is 0 Å². The SMILES string of the molecule is C1=CC2C(C3=CC4C=CC(c5ccccc5)=CC4C=C3)=Cc3oc4c(C5CC(c6ccccc6)CC(c6ccccc6)C5)cccc4c3C2C=C1. The molecular formula is C50H42O. The molecule has 1 aromatic heterocycles. The molecule has 6 atom stereocenters. The van der Waals surface area contributed by atoms with Gasteiger partial charge < -0.3 is 4.42 Å². The minimum absolute atomic E-state index is 0.250. The summed E-state index contributed by atoms with van der Waals surface area (Å²) < 4.78 is 7.09. The van der Waals surface area contributed by atoms with Crippen molar-refractivity contribution in [2.45, 2.75) is 42.9 Å². The van der Waals surface area contributed by atoms with Crippen LogP contribution in [0, 0.1) is 17.8 Å². The van der Waals surface area contributed by atoms with Gasteiger partial charge in [0.15, 0.2) is 0 Å². The molecule has 4 aromatic carbocycles. The summed E-state index contributed by atoms with van der Waals surface area (Å²) >= 11 is 0. The maximum Gasteiger partial charge on any atom is 0.138 e. The third-order valence-corrected chi connectivity index (χ3v) is 12.2. The summed E-state index contributed by atoms with van der Waals surface area (Å²) in [6.07, 6.45) is 29.5. The van der Waals surface area contributed by atoms with E-state index in [-0.39, 0.29) is 11.8 Å². The van der Waals surface area contributed by atoms with Crippen LogP contribution in [0.1, 0.15) is 76.5 Å². The highest BCUT2D eigenvalue weighted by molar-refractivity contribution is 5.90. The van der Waals surface area contributed by atoms with Gasteiger partial charge in [0.2, 0.25) is 0 Å². The summed E-state index contributed by atoms with van der Waals surface area (Å²) in [5.74, 6) is 3.73. The number of furan rings is 1. The molecule has 0 N–H and O–H groups in total. The summed E-state index contributed by atoms with van der Waals surface area (Å²) in [6.45, 7) is 0. The molecule has 0 bridgehead atoms. The van der Waals surface area contributed by atoms with E-state index in [4.69, 9.17) is 4.42 Å². The van der Waals surface area contributed by atoms with Crippen LogP contribution in [-0.2, 0) is 0 Å². The molecular weight excluding hydrogens is 617 g/mol. The van der Waals surface area contributed by atoms with E-state index < -0.39 is 0 Å². The van der Waals surface area contributed by atoms with Gasteiger partial charge in [-0.15, -0.1) is 0 Å². The van der Waals surface area contributed by atoms with Crippen molar-refractivity contribution in [1.82, 2.24) is 0 Å². The van der Waals surface area contributed by atoms with Crippen LogP contribution < -0.4 is 0 Å². The molecule has 1 heterocycles. The van der Waals surface area contributed by atoms with Crippen LogP contribution in [0.15, 0.2) is 186 Å². The van der Waals surface area contributed by atoms with Crippen molar-refractivity contribution in [2.75, 3.05) is 0 Å². The molecule has 5 aliphatic carbocycles. The number of benzene rings is 4. The first-order valence-corrected chi connectivity index (χ1v) is 18.8. The second-order valence-corrected chi connectivity index (χ2v) is 15.1. The fraction of sp³-hybridized carbons (Fsp3) is 0.200. The van der Waals surface area contributed by atoms with Crippen LogP contribution in [0.5, 0.6) is 0 Å². The van der Waals surface area contributed by atoms with Crippen molar-refractivity contribution in [3.05, 3.63) is 215 Å². The zero-order chi connectivity index (χ0) is 33.7. The van der Waals surface area contributed by atoms with Gasteiger partial charge in [-0.2, -0.15) is 0 Å². The number of hydrogen-bond donors (Lipinski definition) is 0. The monoisotopic (exact) mass is 658 g/mol. The average molecular weight is 659 g/mol. The second kappa shape index (κ2) is 12.7. The van der Waals surface area contributed by atoms with Crippen LogP contribution in [0.3, 0.4) is 0 Å². The zero-order valence-corrected chi connectivity index (χ0v) is 28.8. The Labute approximate surface area is 301 Å². The van der Waals surface area contributed by atoms with Crippen molar-refractivity contribution < 1.29 is 4.42 Å². The molecule has 1 saturated carbocycles. The zero-order valence-electron chi connectivity index (χ0n) is 28.8. The normalized spacial score (nSPS) is 27.6. The lowest BCUT2D eigenvalue weighted by molar-refractivity contribution is 0.351. The summed E-state index contributed by atoms with van der Waals surface area (Å²) in [5.41, 5.74) is 12.0. The van der Waals surface area contributed by atoms with Crippen LogP contribution in [0.25, 0.3) is 22.6 Å². The lowest BCUT2D eigenvalue weighted by Crippen LogP contribution is -2.21. The smallest absolute Gasteiger partial charge is 0.138 e. The first-order chi connectivity index (χ1) is 25.3. The second-order valence-electron chi connectivity index (χ2n) is 15.1. The van der Waals surface area contributed by atoms with Gasteiger partial charge in [0.05, 0.1) is 0 Å². The van der Waals surface area contributed by atoms with Gasteiger partial charge in [-0.1, -0.05) is 170 Å². The van der Waals surface area contributed by atoms with E-state index in [0.717, 1.165) is 24.2 Å². The summed E-state index contributed by atoms with van der Waals surface area (Å²) in [6, 6.07) is 40.1. The Morgan fingerprint density at radius 2 is 1.10 bits per heavy atom. The van der Waals surface area contributed by atoms with Crippen molar-refractivity contribution >= 4 is 22.6 Å². The minimum Gasteiger partial charge on any atom is -0.456 e. The number of para-hydroxylation sites is 1. The minimum atomic E-state index is 0.250. The lowest BCUT2D eigenvalue weighted by Gasteiger charge is -2.36. The van der Waals surface area contributed by atoms with Crippen molar-refractivity contribution in [3.8, 4) is 0 Å². The third kappa shape index (κ3) is 5.47. The van der Waals surface area contributed by atoms with E-state index in [1.54, 1.807) is 0 Å². The Morgan fingerprint density at radius 1 is 0.510 bits per heavy atom. The van der Waals surface area contributed by atoms with Crippen molar-refractivity contribution in [3.63, 3.8) is 0 Å². The summed E-state index contributed by atoms with van der Waals surface area (Å²) in [4.78, 5) is 0. The van der Waals surface area contributed by atoms with E-state index in [1.807, 2.05) is 0 Å². The lowest BCUT2D eigenvalue weighted by atomic mass is 9.68. The molecule has 0 amide bonds. The fourth-order valence-electron chi connectivity index (χ4n) is 9.77. The van der Waals surface area contributed by atoms with Gasteiger partial charge in [-0.05, 0) is 82.1 Å². The molecule has 5 aliphatic rings. The molecule has 248 valence electrons. The first-order valence-electron chi connectivity index (χ1n) is 18.8. The Balaban J connectivity index is 1.02. The molecule has 10 rings (SSSR count). The van der Waals surface area contributed by atoms with Gasteiger partial charge in [0.25, 0.3) is 0 Å². The van der Waals surface area contributed by atoms with Gasteiger partial charge in [-0.3, -0.25) is 0 Å². The molecule has 0 aliphatic heterocycles. The highest BCUT2D eigenvalue weighted by Crippen LogP contribution is 2.53. The van der Waals surface area contributed by atoms with Crippen LogP contribution in [-0.4, -0.2) is 0 Å². The van der Waals surface area contributed by atoms with Crippen LogP contribution >= 0.6 is 0 Å². The number of hydrogen-bond acceptors (Lipinski definition) is 1. The van der Waals surface area contributed by atoms with Gasteiger partial charge in [0, 0.05) is 34.6 Å². The molecule has 6 unspecified atom stereocenters. The predicted molar refractivity (Wildman–Crippen MR) is 211 cm³/mol. The molecule has 1 fully saturated rings. The summed E-state index contributed by atoms with van der Waals surface area (Å²) in [5, 5.41) is 1.29. The van der Waals surface area contributed by atoms with E-state index in [9.17, 15) is 0 Å². The van der Waals surface area contributed by atoms with Gasteiger partial charge >= 0.3 is 0 Å². The van der Waals surface area contributed by atoms with Gasteiger partial charge in [0.1, 0.15) is 11.3 Å². The molecule has 51 heavy (non-hydrogen) atoms. The van der Waals surface area contributed by atoms with E-state index in [0.29, 0.717) is 29.6 Å². The molecule has 5 aromatic rings. The molecule has 0 spiro atoms. The quantitative estimate of drug-likeness (QED) is 0.183. The van der Waals surface area contributed by atoms with E-state index in [2.05, 4.69) is 176 Å². The van der Waals surface area contributed by atoms with Gasteiger partial charge in [-0.25, -0.2) is 0 Å². The predicted octanol–water partition coefficient (Wildman–Crippen LogP) is 12.9. The Kier molecular flexibility index (Phi) is 7.60. The first kappa shape index (κ1) is 30.4. The van der Waals surface area contributed by atoms with Crippen molar-refractivity contribution in [1.29, 1.82) is 0 Å². The number of fused-ring (bicyclic) bond motifs is 6. The number of allylic oxidation sites excluding steroid dienone is 13. The molecule has 1 heteroatoms. The maximum absolute atomic E-state index is 7.09. The fourth-order valence-corrected chi connectivity index (χ4v) is 9.77. The van der Waals surface area contributed by atoms with Crippen LogP contribution in [0.4, 0.5) is 0 Å². The molecule has 1 nitrogen and oxygen atoms in total. The summed E-state index contributed by atoms with van der Waals surface area (Å²) in [7, 11) is 0. The average Bonchev–Trinajstić information content (AvgIpc) is 3.60. The standard InChI is InChI=1S/C50H42O/c1-4-13-33(14-5-1)36-23-24-38-28-39(26-25-37(38)27-36)47-32-48-49(45-20-11-10-19-44(45)47)46-22-12-21-43(50(46)51-48)42-30-40(34-15-6-2-7-16-34)29-41(31-42)35-17-8-3-9-18-35/h1-28,32,37-38,40-42,44-45H,29-31H2.